The first-order valence-corrected chi connectivity index (χ1v) is 6.44. The molecule has 0 spiro atoms. The van der Waals surface area contributed by atoms with Gasteiger partial charge in [-0.1, -0.05) is 12.1 Å². The van der Waals surface area contributed by atoms with Gasteiger partial charge in [-0.2, -0.15) is 0 Å². The lowest BCUT2D eigenvalue weighted by Gasteiger charge is -2.15. The Kier molecular flexibility index (Phi) is 4.75. The second-order valence-electron chi connectivity index (χ2n) is 4.58. The monoisotopic (exact) mass is 294 g/mol. The van der Waals surface area contributed by atoms with E-state index in [0.717, 1.165) is 6.07 Å². The summed E-state index contributed by atoms with van der Waals surface area (Å²) in [6.45, 7) is 1.45. The van der Waals surface area contributed by atoms with Crippen LogP contribution < -0.4 is 9.47 Å². The van der Waals surface area contributed by atoms with E-state index in [9.17, 15) is 13.9 Å². The summed E-state index contributed by atoms with van der Waals surface area (Å²) >= 11 is 0. The summed E-state index contributed by atoms with van der Waals surface area (Å²) in [6, 6.07) is 8.86. The van der Waals surface area contributed by atoms with E-state index in [1.165, 1.54) is 19.2 Å². The van der Waals surface area contributed by atoms with Gasteiger partial charge in [0.25, 0.3) is 0 Å². The van der Waals surface area contributed by atoms with Gasteiger partial charge in [-0.05, 0) is 25.1 Å². The third kappa shape index (κ3) is 3.49. The molecule has 0 saturated heterocycles. The van der Waals surface area contributed by atoms with E-state index in [1.807, 2.05) is 0 Å². The molecule has 21 heavy (non-hydrogen) atoms. The lowest BCUT2D eigenvalue weighted by Crippen LogP contribution is -2.04. The van der Waals surface area contributed by atoms with Gasteiger partial charge < -0.3 is 14.6 Å². The number of benzene rings is 2. The molecule has 0 bridgehead atoms. The maximum absolute atomic E-state index is 13.6. The molecule has 0 aromatic heterocycles. The Morgan fingerprint density at radius 2 is 1.95 bits per heavy atom. The third-order valence-corrected chi connectivity index (χ3v) is 3.09. The van der Waals surface area contributed by atoms with E-state index in [2.05, 4.69) is 0 Å². The summed E-state index contributed by atoms with van der Waals surface area (Å²) in [4.78, 5) is 0. The van der Waals surface area contributed by atoms with Gasteiger partial charge in [-0.15, -0.1) is 0 Å². The SMILES string of the molecule is COc1ccc([C@@H](C)O)c(OCc2cccc(F)c2F)c1. The van der Waals surface area contributed by atoms with Crippen LogP contribution in [0.2, 0.25) is 0 Å². The number of methoxy groups -OCH3 is 1. The quantitative estimate of drug-likeness (QED) is 0.915. The fourth-order valence-corrected chi connectivity index (χ4v) is 1.93. The van der Waals surface area contributed by atoms with Gasteiger partial charge in [0.1, 0.15) is 18.1 Å². The van der Waals surface area contributed by atoms with Gasteiger partial charge in [0, 0.05) is 17.2 Å². The first kappa shape index (κ1) is 15.3. The van der Waals surface area contributed by atoms with Crippen molar-refractivity contribution in [2.45, 2.75) is 19.6 Å². The molecule has 0 heterocycles. The van der Waals surface area contributed by atoms with Gasteiger partial charge >= 0.3 is 0 Å². The summed E-state index contributed by atoms with van der Waals surface area (Å²) < 4.78 is 37.3. The molecule has 2 aromatic rings. The highest BCUT2D eigenvalue weighted by molar-refractivity contribution is 5.42. The molecule has 3 nitrogen and oxygen atoms in total. The van der Waals surface area contributed by atoms with E-state index >= 15 is 0 Å². The predicted octanol–water partition coefficient (Wildman–Crippen LogP) is 3.61. The van der Waals surface area contributed by atoms with Crippen LogP contribution in [0.15, 0.2) is 36.4 Å². The first-order chi connectivity index (χ1) is 10.0. The van der Waals surface area contributed by atoms with E-state index < -0.39 is 17.7 Å². The Balaban J connectivity index is 2.24. The highest BCUT2D eigenvalue weighted by Crippen LogP contribution is 2.30. The van der Waals surface area contributed by atoms with Crippen molar-refractivity contribution in [2.24, 2.45) is 0 Å². The zero-order chi connectivity index (χ0) is 15.4. The molecule has 112 valence electrons. The summed E-state index contributed by atoms with van der Waals surface area (Å²) in [5.74, 6) is -0.932. The maximum atomic E-state index is 13.6. The van der Waals surface area contributed by atoms with Crippen LogP contribution in [0.3, 0.4) is 0 Å². The normalized spacial score (nSPS) is 12.0. The second kappa shape index (κ2) is 6.54. The standard InChI is InChI=1S/C16H16F2O3/c1-10(19)13-7-6-12(20-2)8-15(13)21-9-11-4-3-5-14(17)16(11)18/h3-8,10,19H,9H2,1-2H3/t10-/m1/s1. The Bertz CT molecular complexity index is 627. The minimum absolute atomic E-state index is 0.106. The van der Waals surface area contributed by atoms with Gasteiger partial charge in [0.2, 0.25) is 0 Å². The molecule has 5 heteroatoms. The molecule has 2 aromatic carbocycles. The molecule has 0 aliphatic heterocycles. The molecule has 0 fully saturated rings. The van der Waals surface area contributed by atoms with Crippen molar-refractivity contribution in [3.8, 4) is 11.5 Å². The van der Waals surface area contributed by atoms with Crippen LogP contribution in [0.4, 0.5) is 8.78 Å². The van der Waals surface area contributed by atoms with Crippen LogP contribution in [0, 0.1) is 11.6 Å². The maximum Gasteiger partial charge on any atom is 0.165 e. The number of rotatable bonds is 5. The lowest BCUT2D eigenvalue weighted by molar-refractivity contribution is 0.189. The predicted molar refractivity (Wildman–Crippen MR) is 74.3 cm³/mol. The zero-order valence-electron chi connectivity index (χ0n) is 11.8. The molecule has 2 rings (SSSR count). The number of hydrogen-bond acceptors (Lipinski definition) is 3. The third-order valence-electron chi connectivity index (χ3n) is 3.09. The summed E-state index contributed by atoms with van der Waals surface area (Å²) in [6.07, 6.45) is -0.747. The Morgan fingerprint density at radius 3 is 2.62 bits per heavy atom. The van der Waals surface area contributed by atoms with Crippen molar-refractivity contribution >= 4 is 0 Å². The van der Waals surface area contributed by atoms with Crippen LogP contribution in [-0.4, -0.2) is 12.2 Å². The van der Waals surface area contributed by atoms with Crippen molar-refractivity contribution in [1.29, 1.82) is 0 Å². The smallest absolute Gasteiger partial charge is 0.165 e. The first-order valence-electron chi connectivity index (χ1n) is 6.44. The second-order valence-corrected chi connectivity index (χ2v) is 4.58. The topological polar surface area (TPSA) is 38.7 Å². The van der Waals surface area contributed by atoms with E-state index in [0.29, 0.717) is 17.1 Å². The van der Waals surface area contributed by atoms with Crippen LogP contribution in [-0.2, 0) is 6.61 Å². The molecule has 0 aliphatic carbocycles. The largest absolute Gasteiger partial charge is 0.497 e. The van der Waals surface area contributed by atoms with E-state index in [1.54, 1.807) is 25.1 Å². The molecule has 1 N–H and O–H groups in total. The Morgan fingerprint density at radius 1 is 1.19 bits per heavy atom. The summed E-state index contributed by atoms with van der Waals surface area (Å²) in [7, 11) is 1.51. The fraction of sp³-hybridized carbons (Fsp3) is 0.250. The molecule has 0 unspecified atom stereocenters. The molecular weight excluding hydrogens is 278 g/mol. The molecule has 0 aliphatic rings. The van der Waals surface area contributed by atoms with Crippen LogP contribution in [0.5, 0.6) is 11.5 Å². The van der Waals surface area contributed by atoms with E-state index in [4.69, 9.17) is 9.47 Å². The zero-order valence-corrected chi connectivity index (χ0v) is 11.8. The average molecular weight is 294 g/mol. The summed E-state index contributed by atoms with van der Waals surface area (Å²) in [5, 5.41) is 9.71. The lowest BCUT2D eigenvalue weighted by atomic mass is 10.1. The number of halogens is 2. The minimum atomic E-state index is -0.931. The van der Waals surface area contributed by atoms with Crippen molar-refractivity contribution in [1.82, 2.24) is 0 Å². The molecule has 1 atom stereocenters. The number of aliphatic hydroxyl groups excluding tert-OH is 1. The molecule has 0 saturated carbocycles. The minimum Gasteiger partial charge on any atom is -0.497 e. The van der Waals surface area contributed by atoms with Crippen LogP contribution >= 0.6 is 0 Å². The Hall–Kier alpha value is -2.14. The number of hydrogen-bond donors (Lipinski definition) is 1. The average Bonchev–Trinajstić information content (AvgIpc) is 2.48. The van der Waals surface area contributed by atoms with Crippen molar-refractivity contribution < 1.29 is 23.4 Å². The molecule has 0 radical (unpaired) electrons. The van der Waals surface area contributed by atoms with Gasteiger partial charge in [-0.25, -0.2) is 8.78 Å². The van der Waals surface area contributed by atoms with E-state index in [-0.39, 0.29) is 12.2 Å². The van der Waals surface area contributed by atoms with Crippen LogP contribution in [0.25, 0.3) is 0 Å². The van der Waals surface area contributed by atoms with Crippen molar-refractivity contribution in [3.05, 3.63) is 59.2 Å². The fourth-order valence-electron chi connectivity index (χ4n) is 1.93. The number of aliphatic hydroxyl groups is 1. The van der Waals surface area contributed by atoms with Gasteiger partial charge in [0.15, 0.2) is 11.6 Å². The van der Waals surface area contributed by atoms with Crippen molar-refractivity contribution in [3.63, 3.8) is 0 Å². The van der Waals surface area contributed by atoms with Crippen LogP contribution in [0.1, 0.15) is 24.2 Å². The van der Waals surface area contributed by atoms with Gasteiger partial charge in [0.05, 0.1) is 13.2 Å². The van der Waals surface area contributed by atoms with Crippen molar-refractivity contribution in [2.75, 3.05) is 7.11 Å². The molecular formula is C16H16F2O3. The highest BCUT2D eigenvalue weighted by atomic mass is 19.2. The highest BCUT2D eigenvalue weighted by Gasteiger charge is 2.13. The Labute approximate surface area is 121 Å². The van der Waals surface area contributed by atoms with Gasteiger partial charge in [-0.3, -0.25) is 0 Å². The molecule has 0 amide bonds. The summed E-state index contributed by atoms with van der Waals surface area (Å²) in [5.41, 5.74) is 0.655. The number of ether oxygens (including phenoxy) is 2.